The van der Waals surface area contributed by atoms with Crippen LogP contribution in [0, 0.1) is 17.0 Å². The van der Waals surface area contributed by atoms with Crippen molar-refractivity contribution >= 4 is 23.5 Å². The lowest BCUT2D eigenvalue weighted by Crippen LogP contribution is -2.25. The molecule has 0 aromatic heterocycles. The number of phenolic OH excluding ortho intramolecular Hbond substituents is 1. The number of amides is 1. The number of nitrogens with zero attached hydrogens (tertiary/aromatic N) is 2. The smallest absolute Gasteiger partial charge is 0.278 e. The maximum absolute atomic E-state index is 11.7. The van der Waals surface area contributed by atoms with Gasteiger partial charge in [0.05, 0.1) is 23.2 Å². The molecular weight excluding hydrogens is 312 g/mol. The number of nitro benzene ring substituents is 1. The summed E-state index contributed by atoms with van der Waals surface area (Å²) < 4.78 is 0. The first kappa shape index (κ1) is 16.9. The van der Waals surface area contributed by atoms with E-state index in [0.29, 0.717) is 0 Å². The molecule has 0 heterocycles. The summed E-state index contributed by atoms with van der Waals surface area (Å²) in [7, 11) is 0. The predicted octanol–water partition coefficient (Wildman–Crippen LogP) is 2.17. The maximum Gasteiger partial charge on any atom is 0.278 e. The van der Waals surface area contributed by atoms with Crippen LogP contribution in [0.25, 0.3) is 0 Å². The van der Waals surface area contributed by atoms with Crippen molar-refractivity contribution in [2.45, 2.75) is 6.92 Å². The molecule has 0 saturated heterocycles. The van der Waals surface area contributed by atoms with E-state index >= 15 is 0 Å². The quantitative estimate of drug-likeness (QED) is 0.427. The highest BCUT2D eigenvalue weighted by Crippen LogP contribution is 2.21. The van der Waals surface area contributed by atoms with E-state index in [1.165, 1.54) is 12.1 Å². The Kier molecular flexibility index (Phi) is 5.45. The largest absolute Gasteiger partial charge is 0.508 e. The molecule has 8 heteroatoms. The Bertz CT molecular complexity index is 789. The van der Waals surface area contributed by atoms with Crippen molar-refractivity contribution in [3.8, 4) is 5.75 Å². The second-order valence-electron chi connectivity index (χ2n) is 5.02. The van der Waals surface area contributed by atoms with Gasteiger partial charge >= 0.3 is 0 Å². The lowest BCUT2D eigenvalue weighted by molar-refractivity contribution is -0.385. The predicted molar refractivity (Wildman–Crippen MR) is 90.2 cm³/mol. The molecule has 0 atom stereocenters. The Balaban J connectivity index is 1.93. The van der Waals surface area contributed by atoms with Crippen LogP contribution >= 0.6 is 0 Å². The lowest BCUT2D eigenvalue weighted by atomic mass is 10.2. The molecular formula is C16H16N4O4. The molecule has 2 rings (SSSR count). The molecule has 3 N–H and O–H groups in total. The van der Waals surface area contributed by atoms with E-state index in [-0.39, 0.29) is 23.5 Å². The van der Waals surface area contributed by atoms with Crippen LogP contribution in [0.3, 0.4) is 0 Å². The molecule has 0 unspecified atom stereocenters. The van der Waals surface area contributed by atoms with Gasteiger partial charge in [-0.15, -0.1) is 0 Å². The number of hydrogen-bond acceptors (Lipinski definition) is 6. The first-order chi connectivity index (χ1) is 11.5. The summed E-state index contributed by atoms with van der Waals surface area (Å²) >= 11 is 0. The molecule has 0 bridgehead atoms. The minimum atomic E-state index is -0.595. The molecule has 0 radical (unpaired) electrons. The number of phenols is 1. The van der Waals surface area contributed by atoms with Crippen molar-refractivity contribution in [3.63, 3.8) is 0 Å². The monoisotopic (exact) mass is 328 g/mol. The molecule has 2 aromatic carbocycles. The number of carbonyl (C=O) groups is 1. The summed E-state index contributed by atoms with van der Waals surface area (Å²) in [6.45, 7) is 1.95. The molecule has 8 nitrogen and oxygen atoms in total. The van der Waals surface area contributed by atoms with E-state index in [4.69, 9.17) is 0 Å². The zero-order valence-electron chi connectivity index (χ0n) is 12.9. The third-order valence-electron chi connectivity index (χ3n) is 3.07. The highest BCUT2D eigenvalue weighted by molar-refractivity contribution is 5.88. The Morgan fingerprint density at radius 1 is 1.33 bits per heavy atom. The SMILES string of the molecule is Cc1cccc(NCC(=O)NN=Cc2cc(O)ccc2[N+](=O)[O-])c1. The summed E-state index contributed by atoms with van der Waals surface area (Å²) in [5.41, 5.74) is 4.00. The third kappa shape index (κ3) is 4.80. The Labute approximate surface area is 138 Å². The number of benzene rings is 2. The van der Waals surface area contributed by atoms with Crippen LogP contribution < -0.4 is 10.7 Å². The van der Waals surface area contributed by atoms with Gasteiger partial charge in [0.25, 0.3) is 11.6 Å². The minimum Gasteiger partial charge on any atom is -0.508 e. The zero-order chi connectivity index (χ0) is 17.5. The van der Waals surface area contributed by atoms with Gasteiger partial charge < -0.3 is 10.4 Å². The molecule has 0 aliphatic rings. The maximum atomic E-state index is 11.7. The standard InChI is InChI=1S/C16H16N4O4/c1-11-3-2-4-13(7-11)17-10-16(22)19-18-9-12-8-14(21)5-6-15(12)20(23)24/h2-9,17,21H,10H2,1H3,(H,19,22). The fraction of sp³-hybridized carbons (Fsp3) is 0.125. The normalized spacial score (nSPS) is 10.5. The average Bonchev–Trinajstić information content (AvgIpc) is 2.53. The van der Waals surface area contributed by atoms with Gasteiger partial charge in [0.2, 0.25) is 0 Å². The highest BCUT2D eigenvalue weighted by atomic mass is 16.6. The molecule has 0 fully saturated rings. The first-order valence-corrected chi connectivity index (χ1v) is 7.05. The Hall–Kier alpha value is -3.42. The van der Waals surface area contributed by atoms with Crippen LogP contribution in [-0.2, 0) is 4.79 Å². The fourth-order valence-corrected chi connectivity index (χ4v) is 1.96. The Morgan fingerprint density at radius 3 is 2.83 bits per heavy atom. The topological polar surface area (TPSA) is 117 Å². The van der Waals surface area contributed by atoms with Crippen molar-refractivity contribution in [2.75, 3.05) is 11.9 Å². The number of anilines is 1. The van der Waals surface area contributed by atoms with Crippen LogP contribution in [0.5, 0.6) is 5.75 Å². The van der Waals surface area contributed by atoms with E-state index in [2.05, 4.69) is 15.8 Å². The number of hydrazone groups is 1. The van der Waals surface area contributed by atoms with E-state index in [1.807, 2.05) is 31.2 Å². The van der Waals surface area contributed by atoms with E-state index in [1.54, 1.807) is 0 Å². The second-order valence-corrected chi connectivity index (χ2v) is 5.02. The van der Waals surface area contributed by atoms with Gasteiger partial charge in [0, 0.05) is 11.8 Å². The molecule has 24 heavy (non-hydrogen) atoms. The summed E-state index contributed by atoms with van der Waals surface area (Å²) in [4.78, 5) is 22.0. The van der Waals surface area contributed by atoms with Gasteiger partial charge in [0.1, 0.15) is 5.75 Å². The number of hydrogen-bond donors (Lipinski definition) is 3. The van der Waals surface area contributed by atoms with Crippen molar-refractivity contribution in [3.05, 3.63) is 63.7 Å². The second kappa shape index (κ2) is 7.73. The summed E-state index contributed by atoms with van der Waals surface area (Å²) in [5.74, 6) is -0.537. The van der Waals surface area contributed by atoms with Crippen LogP contribution in [0.4, 0.5) is 11.4 Å². The summed E-state index contributed by atoms with van der Waals surface area (Å²) in [5, 5.41) is 26.9. The number of aryl methyl sites for hydroxylation is 1. The van der Waals surface area contributed by atoms with Gasteiger partial charge in [-0.3, -0.25) is 14.9 Å². The summed E-state index contributed by atoms with van der Waals surface area (Å²) in [6, 6.07) is 11.1. The van der Waals surface area contributed by atoms with Gasteiger partial charge in [-0.1, -0.05) is 12.1 Å². The van der Waals surface area contributed by atoms with E-state index in [9.17, 15) is 20.0 Å². The number of carbonyl (C=O) groups excluding carboxylic acids is 1. The van der Waals surface area contributed by atoms with Crippen molar-refractivity contribution in [1.82, 2.24) is 5.43 Å². The molecule has 2 aromatic rings. The van der Waals surface area contributed by atoms with Gasteiger partial charge in [-0.05, 0) is 36.8 Å². The summed E-state index contributed by atoms with van der Waals surface area (Å²) in [6.07, 6.45) is 1.11. The average molecular weight is 328 g/mol. The van der Waals surface area contributed by atoms with Gasteiger partial charge in [0.15, 0.2) is 0 Å². The molecule has 0 saturated carbocycles. The highest BCUT2D eigenvalue weighted by Gasteiger charge is 2.12. The minimum absolute atomic E-state index is 0.00290. The van der Waals surface area contributed by atoms with Crippen LogP contribution in [0.1, 0.15) is 11.1 Å². The molecule has 124 valence electrons. The number of aromatic hydroxyl groups is 1. The van der Waals surface area contributed by atoms with Crippen LogP contribution in [-0.4, -0.2) is 28.7 Å². The van der Waals surface area contributed by atoms with Crippen molar-refractivity contribution < 1.29 is 14.8 Å². The lowest BCUT2D eigenvalue weighted by Gasteiger charge is -2.05. The fourth-order valence-electron chi connectivity index (χ4n) is 1.96. The zero-order valence-corrected chi connectivity index (χ0v) is 12.9. The molecule has 0 spiro atoms. The third-order valence-corrected chi connectivity index (χ3v) is 3.07. The number of nitrogens with one attached hydrogen (secondary N) is 2. The number of nitro groups is 1. The first-order valence-electron chi connectivity index (χ1n) is 7.05. The number of rotatable bonds is 6. The van der Waals surface area contributed by atoms with Gasteiger partial charge in [-0.2, -0.15) is 5.10 Å². The van der Waals surface area contributed by atoms with Crippen LogP contribution in [0.15, 0.2) is 47.6 Å². The van der Waals surface area contributed by atoms with Crippen molar-refractivity contribution in [2.24, 2.45) is 5.10 Å². The van der Waals surface area contributed by atoms with Crippen molar-refractivity contribution in [1.29, 1.82) is 0 Å². The van der Waals surface area contributed by atoms with E-state index < -0.39 is 10.8 Å². The molecule has 0 aliphatic heterocycles. The van der Waals surface area contributed by atoms with E-state index in [0.717, 1.165) is 23.5 Å². The molecule has 0 aliphatic carbocycles. The Morgan fingerprint density at radius 2 is 2.12 bits per heavy atom. The molecule has 1 amide bonds. The van der Waals surface area contributed by atoms with Crippen LogP contribution in [0.2, 0.25) is 0 Å². The van der Waals surface area contributed by atoms with Gasteiger partial charge in [-0.25, -0.2) is 5.43 Å².